The van der Waals surface area contributed by atoms with Gasteiger partial charge in [0.1, 0.15) is 6.26 Å². The van der Waals surface area contributed by atoms with Gasteiger partial charge in [-0.15, -0.1) is 0 Å². The van der Waals surface area contributed by atoms with E-state index in [1.807, 2.05) is 6.08 Å². The van der Waals surface area contributed by atoms with Gasteiger partial charge in [-0.2, -0.15) is 0 Å². The zero-order chi connectivity index (χ0) is 10.9. The third-order valence-electron chi connectivity index (χ3n) is 1.47. The molecule has 0 aromatic carbocycles. The van der Waals surface area contributed by atoms with Crippen LogP contribution in [0.5, 0.6) is 0 Å². The molecule has 0 aliphatic heterocycles. The van der Waals surface area contributed by atoms with E-state index in [4.69, 9.17) is 0 Å². The molecule has 0 aliphatic carbocycles. The van der Waals surface area contributed by atoms with Crippen molar-refractivity contribution in [2.24, 2.45) is 0 Å². The minimum absolute atomic E-state index is 0. The predicted octanol–water partition coefficient (Wildman–Crippen LogP) is -0.883. The van der Waals surface area contributed by atoms with Gasteiger partial charge < -0.3 is 8.74 Å². The van der Waals surface area contributed by atoms with E-state index >= 15 is 0 Å². The second-order valence-electron chi connectivity index (χ2n) is 2.76. The number of allylic oxidation sites excluding steroid dienone is 3. The van der Waals surface area contributed by atoms with Crippen molar-refractivity contribution in [1.82, 2.24) is 0 Å². The van der Waals surface area contributed by atoms with Crippen LogP contribution in [0.25, 0.3) is 0 Å². The molecule has 82 valence electrons. The summed E-state index contributed by atoms with van der Waals surface area (Å²) in [7, 11) is -4.60. The van der Waals surface area contributed by atoms with Gasteiger partial charge in [-0.05, 0) is 18.9 Å². The smallest absolute Gasteiger partial charge is 0.716 e. The van der Waals surface area contributed by atoms with Crippen LogP contribution in [0.1, 0.15) is 32.6 Å². The second kappa shape index (κ2) is 10.7. The van der Waals surface area contributed by atoms with Gasteiger partial charge in [0.15, 0.2) is 0 Å². The van der Waals surface area contributed by atoms with Crippen LogP contribution in [0, 0.1) is 0 Å². The Morgan fingerprint density at radius 3 is 2.47 bits per heavy atom. The fourth-order valence-electron chi connectivity index (χ4n) is 0.832. The average molecular weight is 242 g/mol. The molecular weight excluding hydrogens is 227 g/mol. The van der Waals surface area contributed by atoms with E-state index in [-0.39, 0.29) is 29.6 Å². The maximum atomic E-state index is 9.95. The van der Waals surface area contributed by atoms with Crippen molar-refractivity contribution in [3.05, 3.63) is 24.5 Å². The second-order valence-corrected chi connectivity index (χ2v) is 3.77. The minimum atomic E-state index is -4.60. The summed E-state index contributed by atoms with van der Waals surface area (Å²) in [6, 6.07) is 0. The van der Waals surface area contributed by atoms with Crippen molar-refractivity contribution in [2.75, 3.05) is 0 Å². The molecule has 0 saturated carbocycles. The Morgan fingerprint density at radius 2 is 1.93 bits per heavy atom. The third kappa shape index (κ3) is 16.8. The SMILES string of the molecule is CCCCC/C=C/C=C/OS(=O)(=O)[O-].[Na+]. The molecule has 0 aromatic heterocycles. The van der Waals surface area contributed by atoms with E-state index < -0.39 is 10.4 Å². The molecule has 0 fully saturated rings. The van der Waals surface area contributed by atoms with Gasteiger partial charge in [0.2, 0.25) is 0 Å². The van der Waals surface area contributed by atoms with Crippen molar-refractivity contribution in [2.45, 2.75) is 32.6 Å². The Bertz CT molecular complexity index is 282. The molecule has 0 heterocycles. The normalized spacial score (nSPS) is 11.9. The van der Waals surface area contributed by atoms with Crippen molar-refractivity contribution in [3.8, 4) is 0 Å². The molecule has 0 saturated heterocycles. The van der Waals surface area contributed by atoms with Crippen LogP contribution in [-0.2, 0) is 14.6 Å². The van der Waals surface area contributed by atoms with Gasteiger partial charge in [-0.1, -0.05) is 31.9 Å². The summed E-state index contributed by atoms with van der Waals surface area (Å²) in [5, 5.41) is 0. The van der Waals surface area contributed by atoms with Crippen LogP contribution in [-0.4, -0.2) is 13.0 Å². The van der Waals surface area contributed by atoms with E-state index in [0.717, 1.165) is 19.1 Å². The Kier molecular flexibility index (Phi) is 12.5. The Morgan fingerprint density at radius 1 is 1.27 bits per heavy atom. The van der Waals surface area contributed by atoms with E-state index in [9.17, 15) is 13.0 Å². The molecule has 6 heteroatoms. The van der Waals surface area contributed by atoms with Gasteiger partial charge in [0.25, 0.3) is 10.4 Å². The first-order chi connectivity index (χ1) is 6.56. The van der Waals surface area contributed by atoms with Gasteiger partial charge in [0.05, 0.1) is 0 Å². The molecule has 0 bridgehead atoms. The van der Waals surface area contributed by atoms with Crippen molar-refractivity contribution in [1.29, 1.82) is 0 Å². The first-order valence-corrected chi connectivity index (χ1v) is 5.85. The van der Waals surface area contributed by atoms with Crippen LogP contribution >= 0.6 is 0 Å². The van der Waals surface area contributed by atoms with Crippen LogP contribution in [0.2, 0.25) is 0 Å². The molecule has 0 aromatic rings. The zero-order valence-corrected chi connectivity index (χ0v) is 12.0. The van der Waals surface area contributed by atoms with Gasteiger partial charge in [-0.25, -0.2) is 8.42 Å². The van der Waals surface area contributed by atoms with E-state index in [0.29, 0.717) is 0 Å². The summed E-state index contributed by atoms with van der Waals surface area (Å²) >= 11 is 0. The average Bonchev–Trinajstić information content (AvgIpc) is 2.08. The Hall–Kier alpha value is 0.190. The molecule has 0 rings (SSSR count). The number of unbranched alkanes of at least 4 members (excludes halogenated alkanes) is 3. The van der Waals surface area contributed by atoms with Crippen LogP contribution < -0.4 is 29.6 Å². The molecule has 4 nitrogen and oxygen atoms in total. The van der Waals surface area contributed by atoms with Gasteiger partial charge >= 0.3 is 29.6 Å². The van der Waals surface area contributed by atoms with E-state index in [2.05, 4.69) is 11.1 Å². The quantitative estimate of drug-likeness (QED) is 0.145. The first-order valence-electron chi connectivity index (χ1n) is 4.52. The molecule has 0 radical (unpaired) electrons. The van der Waals surface area contributed by atoms with Crippen LogP contribution in [0.4, 0.5) is 0 Å². The summed E-state index contributed by atoms with van der Waals surface area (Å²) in [6.45, 7) is 2.12. The molecule has 0 unspecified atom stereocenters. The fourth-order valence-corrected chi connectivity index (χ4v) is 1.03. The number of rotatable bonds is 7. The van der Waals surface area contributed by atoms with Gasteiger partial charge in [-0.3, -0.25) is 0 Å². The minimum Gasteiger partial charge on any atom is -0.716 e. The van der Waals surface area contributed by atoms with Crippen molar-refractivity contribution in [3.63, 3.8) is 0 Å². The number of hydrogen-bond acceptors (Lipinski definition) is 4. The molecule has 15 heavy (non-hydrogen) atoms. The Balaban J connectivity index is 0. The fraction of sp³-hybridized carbons (Fsp3) is 0.556. The number of hydrogen-bond donors (Lipinski definition) is 0. The van der Waals surface area contributed by atoms with E-state index in [1.165, 1.54) is 18.9 Å². The molecule has 0 N–H and O–H groups in total. The summed E-state index contributed by atoms with van der Waals surface area (Å²) in [6.07, 6.45) is 10.2. The van der Waals surface area contributed by atoms with Crippen LogP contribution in [0.3, 0.4) is 0 Å². The van der Waals surface area contributed by atoms with Crippen molar-refractivity contribution >= 4 is 10.4 Å². The maximum absolute atomic E-state index is 9.95. The molecule has 0 amide bonds. The molecule has 0 atom stereocenters. The topological polar surface area (TPSA) is 66.4 Å². The van der Waals surface area contributed by atoms with Crippen LogP contribution in [0.15, 0.2) is 24.5 Å². The Labute approximate surface area is 114 Å². The molecular formula is C9H15NaO4S. The predicted molar refractivity (Wildman–Crippen MR) is 53.2 cm³/mol. The largest absolute Gasteiger partial charge is 1.00 e. The standard InChI is InChI=1S/C9H16O4S.Na/c1-2-3-4-5-6-7-8-9-13-14(10,11)12;/h6-9H,2-5H2,1H3,(H,10,11,12);/q;+1/p-1/b7-6+,9-8+;. The van der Waals surface area contributed by atoms with E-state index in [1.54, 1.807) is 6.08 Å². The zero-order valence-electron chi connectivity index (χ0n) is 9.18. The monoisotopic (exact) mass is 242 g/mol. The maximum Gasteiger partial charge on any atom is 1.00 e. The summed E-state index contributed by atoms with van der Waals surface area (Å²) in [4.78, 5) is 0. The van der Waals surface area contributed by atoms with Crippen molar-refractivity contribution < 1.29 is 46.7 Å². The molecule has 0 aliphatic rings. The summed E-state index contributed by atoms with van der Waals surface area (Å²) in [5.41, 5.74) is 0. The molecule has 0 spiro atoms. The summed E-state index contributed by atoms with van der Waals surface area (Å²) < 4.78 is 33.7. The first kappa shape index (κ1) is 17.6. The van der Waals surface area contributed by atoms with Gasteiger partial charge in [0, 0.05) is 0 Å². The third-order valence-corrected chi connectivity index (χ3v) is 1.82. The summed E-state index contributed by atoms with van der Waals surface area (Å²) in [5.74, 6) is 0.